The van der Waals surface area contributed by atoms with Crippen molar-refractivity contribution in [2.45, 2.75) is 30.7 Å². The van der Waals surface area contributed by atoms with Crippen LogP contribution in [0.5, 0.6) is 0 Å². The van der Waals surface area contributed by atoms with Gasteiger partial charge >= 0.3 is 0 Å². The van der Waals surface area contributed by atoms with Crippen molar-refractivity contribution >= 4 is 33.2 Å². The molecular weight excluding hydrogens is 398 g/mol. The number of nitrogens with zero attached hydrogens (tertiary/aromatic N) is 1. The molecule has 0 saturated carbocycles. The molecule has 6 nitrogen and oxygen atoms in total. The van der Waals surface area contributed by atoms with E-state index in [2.05, 4.69) is 21.9 Å². The molecule has 2 N–H and O–H groups in total. The van der Waals surface area contributed by atoms with Crippen LogP contribution in [-0.2, 0) is 10.0 Å². The minimum atomic E-state index is -3.83. The lowest BCUT2D eigenvalue weighted by atomic mass is 10.1. The summed E-state index contributed by atoms with van der Waals surface area (Å²) in [6, 6.07) is 12.8. The van der Waals surface area contributed by atoms with Crippen LogP contribution in [0.25, 0.3) is 0 Å². The molecule has 2 aromatic rings. The first-order valence-electron chi connectivity index (χ1n) is 9.30. The second-order valence-corrected chi connectivity index (χ2v) is 8.86. The van der Waals surface area contributed by atoms with Gasteiger partial charge in [-0.25, -0.2) is 8.42 Å². The predicted octanol–water partition coefficient (Wildman–Crippen LogP) is 3.35. The summed E-state index contributed by atoms with van der Waals surface area (Å²) in [6.07, 6.45) is 2.19. The topological polar surface area (TPSA) is 78.5 Å². The maximum Gasteiger partial charge on any atom is 0.261 e. The van der Waals surface area contributed by atoms with E-state index in [1.807, 2.05) is 0 Å². The number of carbonyl (C=O) groups is 1. The number of hydrogen-bond acceptors (Lipinski definition) is 4. The largest absolute Gasteiger partial charge is 0.350 e. The van der Waals surface area contributed by atoms with Crippen molar-refractivity contribution in [3.8, 4) is 0 Å². The van der Waals surface area contributed by atoms with Crippen molar-refractivity contribution in [1.29, 1.82) is 0 Å². The quantitative estimate of drug-likeness (QED) is 0.718. The molecule has 0 spiro atoms. The predicted molar refractivity (Wildman–Crippen MR) is 111 cm³/mol. The molecule has 0 aliphatic carbocycles. The Hall–Kier alpha value is -2.09. The molecule has 0 aromatic heterocycles. The molecule has 1 fully saturated rings. The summed E-state index contributed by atoms with van der Waals surface area (Å²) in [5.41, 5.74) is 0.537. The molecule has 1 atom stereocenters. The summed E-state index contributed by atoms with van der Waals surface area (Å²) in [5, 5.41) is 3.40. The number of nitrogens with one attached hydrogen (secondary N) is 2. The SMILES string of the molecule is CCN1CCCC1CNC(=O)c1ccccc1NS(=O)(=O)c1ccc(Cl)cc1. The van der Waals surface area contributed by atoms with Crippen LogP contribution in [0.1, 0.15) is 30.1 Å². The smallest absolute Gasteiger partial charge is 0.261 e. The number of anilines is 1. The Kier molecular flexibility index (Phi) is 6.59. The van der Waals surface area contributed by atoms with Crippen molar-refractivity contribution in [2.24, 2.45) is 0 Å². The summed E-state index contributed by atoms with van der Waals surface area (Å²) in [5.74, 6) is -0.294. The highest BCUT2D eigenvalue weighted by Crippen LogP contribution is 2.22. The Morgan fingerprint density at radius 1 is 1.18 bits per heavy atom. The van der Waals surface area contributed by atoms with Crippen molar-refractivity contribution in [3.05, 3.63) is 59.1 Å². The normalized spacial score (nSPS) is 17.4. The van der Waals surface area contributed by atoms with E-state index in [9.17, 15) is 13.2 Å². The molecule has 1 unspecified atom stereocenters. The number of rotatable bonds is 7. The van der Waals surface area contributed by atoms with E-state index in [1.165, 1.54) is 24.3 Å². The summed E-state index contributed by atoms with van der Waals surface area (Å²) in [4.78, 5) is 15.1. The maximum absolute atomic E-state index is 12.7. The number of carbonyl (C=O) groups excluding carboxylic acids is 1. The molecule has 1 aliphatic rings. The van der Waals surface area contributed by atoms with Crippen molar-refractivity contribution in [1.82, 2.24) is 10.2 Å². The van der Waals surface area contributed by atoms with Crippen LogP contribution < -0.4 is 10.0 Å². The average molecular weight is 422 g/mol. The van der Waals surface area contributed by atoms with Crippen LogP contribution in [0, 0.1) is 0 Å². The number of likely N-dealkylation sites (N-methyl/N-ethyl adjacent to an activating group) is 1. The van der Waals surface area contributed by atoms with Gasteiger partial charge in [0.05, 0.1) is 16.1 Å². The number of likely N-dealkylation sites (tertiary alicyclic amines) is 1. The second-order valence-electron chi connectivity index (χ2n) is 6.74. The fraction of sp³-hybridized carbons (Fsp3) is 0.350. The Bertz CT molecular complexity index is 932. The molecule has 1 saturated heterocycles. The Morgan fingerprint density at radius 3 is 2.61 bits per heavy atom. The second kappa shape index (κ2) is 8.94. The van der Waals surface area contributed by atoms with Gasteiger partial charge in [0.2, 0.25) is 0 Å². The molecule has 28 heavy (non-hydrogen) atoms. The Balaban J connectivity index is 1.73. The summed E-state index contributed by atoms with van der Waals surface area (Å²) in [7, 11) is -3.83. The van der Waals surface area contributed by atoms with Crippen LogP contribution in [0.2, 0.25) is 5.02 Å². The van der Waals surface area contributed by atoms with Crippen LogP contribution in [0.3, 0.4) is 0 Å². The van der Waals surface area contributed by atoms with Gasteiger partial charge in [-0.3, -0.25) is 14.4 Å². The molecule has 3 rings (SSSR count). The first kappa shape index (κ1) is 20.6. The van der Waals surface area contributed by atoms with E-state index in [4.69, 9.17) is 11.6 Å². The highest BCUT2D eigenvalue weighted by molar-refractivity contribution is 7.92. The van der Waals surface area contributed by atoms with Crippen molar-refractivity contribution in [3.63, 3.8) is 0 Å². The molecule has 0 radical (unpaired) electrons. The molecule has 0 bridgehead atoms. The first-order valence-corrected chi connectivity index (χ1v) is 11.2. The van der Waals surface area contributed by atoms with E-state index < -0.39 is 10.0 Å². The molecule has 1 aliphatic heterocycles. The third-order valence-corrected chi connectivity index (χ3v) is 6.58. The number of sulfonamides is 1. The third-order valence-electron chi connectivity index (χ3n) is 4.94. The van der Waals surface area contributed by atoms with Crippen LogP contribution in [0.15, 0.2) is 53.4 Å². The van der Waals surface area contributed by atoms with Gasteiger partial charge < -0.3 is 5.32 Å². The maximum atomic E-state index is 12.7. The average Bonchev–Trinajstić information content (AvgIpc) is 3.14. The molecular formula is C20H24ClN3O3S. The van der Waals surface area contributed by atoms with Crippen molar-refractivity contribution < 1.29 is 13.2 Å². The zero-order chi connectivity index (χ0) is 20.1. The van der Waals surface area contributed by atoms with Crippen LogP contribution in [-0.4, -0.2) is 44.9 Å². The molecule has 1 amide bonds. The van der Waals surface area contributed by atoms with Crippen LogP contribution in [0.4, 0.5) is 5.69 Å². The first-order chi connectivity index (χ1) is 13.4. The molecule has 1 heterocycles. The third kappa shape index (κ3) is 4.84. The highest BCUT2D eigenvalue weighted by Gasteiger charge is 2.24. The fourth-order valence-electron chi connectivity index (χ4n) is 3.44. The van der Waals surface area contributed by atoms with Gasteiger partial charge in [0.1, 0.15) is 0 Å². The van der Waals surface area contributed by atoms with Crippen LogP contribution >= 0.6 is 11.6 Å². The van der Waals surface area contributed by atoms with E-state index in [0.29, 0.717) is 23.2 Å². The number of halogens is 1. The Labute approximate surface area is 170 Å². The van der Waals surface area contributed by atoms with Gasteiger partial charge in [-0.05, 0) is 62.3 Å². The summed E-state index contributed by atoms with van der Waals surface area (Å²) in [6.45, 7) is 4.67. The highest BCUT2D eigenvalue weighted by atomic mass is 35.5. The van der Waals surface area contributed by atoms with E-state index in [1.54, 1.807) is 24.3 Å². The fourth-order valence-corrected chi connectivity index (χ4v) is 4.64. The zero-order valence-corrected chi connectivity index (χ0v) is 17.3. The van der Waals surface area contributed by atoms with Gasteiger partial charge in [-0.1, -0.05) is 30.7 Å². The minimum Gasteiger partial charge on any atom is -0.350 e. The lowest BCUT2D eigenvalue weighted by Crippen LogP contribution is -2.40. The standard InChI is InChI=1S/C20H24ClN3O3S/c1-2-24-13-5-6-16(24)14-22-20(25)18-7-3-4-8-19(18)23-28(26,27)17-11-9-15(21)10-12-17/h3-4,7-12,16,23H,2,5-6,13-14H2,1H3,(H,22,25). The van der Waals surface area contributed by atoms with Gasteiger partial charge in [0.25, 0.3) is 15.9 Å². The number of hydrogen-bond donors (Lipinski definition) is 2. The van der Waals surface area contributed by atoms with E-state index >= 15 is 0 Å². The van der Waals surface area contributed by atoms with Gasteiger partial charge in [-0.15, -0.1) is 0 Å². The number of benzene rings is 2. The monoisotopic (exact) mass is 421 g/mol. The van der Waals surface area contributed by atoms with Gasteiger partial charge in [0, 0.05) is 17.6 Å². The van der Waals surface area contributed by atoms with E-state index in [0.717, 1.165) is 25.9 Å². The lowest BCUT2D eigenvalue weighted by molar-refractivity contribution is 0.0942. The van der Waals surface area contributed by atoms with Gasteiger partial charge in [0.15, 0.2) is 0 Å². The lowest BCUT2D eigenvalue weighted by Gasteiger charge is -2.23. The Morgan fingerprint density at radius 2 is 1.89 bits per heavy atom. The van der Waals surface area contributed by atoms with Crippen molar-refractivity contribution in [2.75, 3.05) is 24.4 Å². The van der Waals surface area contributed by atoms with E-state index in [-0.39, 0.29) is 16.5 Å². The minimum absolute atomic E-state index is 0.0802. The molecule has 2 aromatic carbocycles. The van der Waals surface area contributed by atoms with Gasteiger partial charge in [-0.2, -0.15) is 0 Å². The zero-order valence-electron chi connectivity index (χ0n) is 15.7. The number of amides is 1. The number of para-hydroxylation sites is 1. The summed E-state index contributed by atoms with van der Waals surface area (Å²) >= 11 is 5.83. The summed E-state index contributed by atoms with van der Waals surface area (Å²) < 4.78 is 27.8. The molecule has 150 valence electrons. The molecule has 8 heteroatoms.